The number of halogens is 7. The van der Waals surface area contributed by atoms with Gasteiger partial charge in [-0.3, -0.25) is 0 Å². The Hall–Kier alpha value is -0.132. The van der Waals surface area contributed by atoms with E-state index in [-0.39, 0.29) is 0 Å². The maximum atomic E-state index is 9.93. The van der Waals surface area contributed by atoms with Crippen molar-refractivity contribution >= 4 is 31.1 Å². The predicted molar refractivity (Wildman–Crippen MR) is 50.4 cm³/mol. The molecule has 0 aliphatic rings. The molecule has 0 saturated carbocycles. The summed E-state index contributed by atoms with van der Waals surface area (Å²) in [5.74, 6) is 0. The van der Waals surface area contributed by atoms with Gasteiger partial charge in [0.05, 0.1) is 6.54 Å². The molecule has 0 amide bonds. The summed E-state index contributed by atoms with van der Waals surface area (Å²) in [6.45, 7) is 0.831. The summed E-state index contributed by atoms with van der Waals surface area (Å²) in [4.78, 5) is 0. The first-order valence-electron chi connectivity index (χ1n) is 3.88. The maximum absolute atomic E-state index is 11.2. The van der Waals surface area contributed by atoms with E-state index in [9.17, 15) is 16.9 Å². The third-order valence-corrected chi connectivity index (χ3v) is 1.45. The van der Waals surface area contributed by atoms with Gasteiger partial charge >= 0.3 is 36.4 Å². The molecule has 3 N–H and O–H groups in total. The van der Waals surface area contributed by atoms with Crippen LogP contribution in [0.15, 0.2) is 24.3 Å². The van der Waals surface area contributed by atoms with Gasteiger partial charge in [0.15, 0.2) is 0 Å². The van der Waals surface area contributed by atoms with Crippen LogP contribution >= 0.6 is 11.6 Å². The Balaban J connectivity index is 0.000000293. The minimum atomic E-state index is -11.2. The van der Waals surface area contributed by atoms with Crippen LogP contribution in [0.3, 0.4) is 0 Å². The Morgan fingerprint density at radius 3 is 1.50 bits per heavy atom. The number of benzene rings is 1. The summed E-state index contributed by atoms with van der Waals surface area (Å²) in [6, 6.07) is 7.72. The van der Waals surface area contributed by atoms with Gasteiger partial charge < -0.3 is 5.73 Å². The van der Waals surface area contributed by atoms with E-state index < -0.39 is 19.5 Å². The molecule has 0 saturated heterocycles. The van der Waals surface area contributed by atoms with E-state index in [1.807, 2.05) is 24.3 Å². The van der Waals surface area contributed by atoms with Crippen molar-refractivity contribution < 1.29 is 22.6 Å². The van der Waals surface area contributed by atoms with Gasteiger partial charge in [0.25, 0.3) is 0 Å². The molecule has 0 heterocycles. The SMILES string of the molecule is [F][Sb-]([F])([F])([F])([F])[F].[NH3+]Cc1ccc(Cl)cc1. The molecular formula is C7H9ClF6NSb. The van der Waals surface area contributed by atoms with E-state index in [2.05, 4.69) is 5.73 Å². The first-order chi connectivity index (χ1) is 6.78. The van der Waals surface area contributed by atoms with E-state index in [1.54, 1.807) is 0 Å². The monoisotopic (exact) mass is 377 g/mol. The fraction of sp³-hybridized carbons (Fsp3) is 0.143. The van der Waals surface area contributed by atoms with Gasteiger partial charge in [-0.05, 0) is 12.1 Å². The number of rotatable bonds is 1. The van der Waals surface area contributed by atoms with Crippen molar-refractivity contribution in [3.8, 4) is 0 Å². The molecule has 16 heavy (non-hydrogen) atoms. The van der Waals surface area contributed by atoms with Crippen molar-refractivity contribution in [1.29, 1.82) is 0 Å². The average Bonchev–Trinajstić information content (AvgIpc) is 2.00. The number of hydrogen-bond donors (Lipinski definition) is 1. The molecule has 0 spiro atoms. The van der Waals surface area contributed by atoms with E-state index in [0.717, 1.165) is 11.6 Å². The van der Waals surface area contributed by atoms with Crippen LogP contribution in [0, 0.1) is 0 Å². The smallest absolute Gasteiger partial charge is 0.0997 e. The van der Waals surface area contributed by atoms with Crippen LogP contribution in [0.4, 0.5) is 16.9 Å². The second-order valence-electron chi connectivity index (χ2n) is 2.83. The largest absolute Gasteiger partial charge is 0.354 e. The minimum Gasteiger partial charge on any atom is -0.354 e. The van der Waals surface area contributed by atoms with Gasteiger partial charge in [-0.1, -0.05) is 23.7 Å². The number of hydrogen-bond acceptors (Lipinski definition) is 0. The number of quaternary nitrogens is 1. The van der Waals surface area contributed by atoms with Gasteiger partial charge in [0, 0.05) is 10.6 Å². The van der Waals surface area contributed by atoms with Crippen LogP contribution < -0.4 is 5.73 Å². The first-order valence-corrected chi connectivity index (χ1v) is 10.0. The molecule has 1 nitrogen and oxygen atoms in total. The first kappa shape index (κ1) is 15.9. The van der Waals surface area contributed by atoms with Gasteiger partial charge in [0.1, 0.15) is 0 Å². The molecule has 0 aliphatic carbocycles. The molecule has 1 aromatic carbocycles. The molecule has 0 unspecified atom stereocenters. The minimum absolute atomic E-state index is 0.784. The molecule has 1 rings (SSSR count). The molecule has 0 bridgehead atoms. The zero-order chi connectivity index (χ0) is 13.1. The second-order valence-corrected chi connectivity index (χ2v) is 8.74. The van der Waals surface area contributed by atoms with Crippen LogP contribution in [0.1, 0.15) is 5.56 Å². The van der Waals surface area contributed by atoms with Crippen LogP contribution in [-0.2, 0) is 6.54 Å². The third kappa shape index (κ3) is 16.3. The topological polar surface area (TPSA) is 27.6 Å². The fourth-order valence-corrected chi connectivity index (χ4v) is 0.777. The van der Waals surface area contributed by atoms with Crippen LogP contribution in [-0.4, -0.2) is 19.5 Å². The Kier molecular flexibility index (Phi) is 4.24. The summed E-state index contributed by atoms with van der Waals surface area (Å²) >= 11 is -5.60. The molecule has 0 atom stereocenters. The Morgan fingerprint density at radius 1 is 0.938 bits per heavy atom. The molecular weight excluding hydrogens is 369 g/mol. The van der Waals surface area contributed by atoms with Gasteiger partial charge in [-0.2, -0.15) is 0 Å². The summed E-state index contributed by atoms with van der Waals surface area (Å²) in [6.07, 6.45) is 0. The van der Waals surface area contributed by atoms with Crippen molar-refractivity contribution in [3.05, 3.63) is 34.9 Å². The van der Waals surface area contributed by atoms with Crippen LogP contribution in [0.5, 0.6) is 0 Å². The van der Waals surface area contributed by atoms with E-state index in [0.29, 0.717) is 0 Å². The van der Waals surface area contributed by atoms with Crippen molar-refractivity contribution in [1.82, 2.24) is 0 Å². The normalized spacial score (nSPS) is 15.5. The van der Waals surface area contributed by atoms with Crippen molar-refractivity contribution in [3.63, 3.8) is 0 Å². The summed E-state index contributed by atoms with van der Waals surface area (Å²) in [5.41, 5.74) is 4.96. The van der Waals surface area contributed by atoms with Gasteiger partial charge in [-0.25, -0.2) is 0 Å². The summed E-state index contributed by atoms with van der Waals surface area (Å²) in [7, 11) is 0. The summed E-state index contributed by atoms with van der Waals surface area (Å²) < 4.78 is 59.6. The third-order valence-electron chi connectivity index (χ3n) is 1.20. The molecule has 0 aromatic heterocycles. The zero-order valence-corrected chi connectivity index (χ0v) is 11.1. The van der Waals surface area contributed by atoms with E-state index in [1.165, 1.54) is 5.56 Å². The fourth-order valence-electron chi connectivity index (χ4n) is 0.651. The van der Waals surface area contributed by atoms with Gasteiger partial charge in [-0.15, -0.1) is 0 Å². The molecule has 9 heteroatoms. The molecule has 0 fully saturated rings. The zero-order valence-electron chi connectivity index (χ0n) is 7.82. The molecule has 1 aromatic rings. The molecule has 96 valence electrons. The van der Waals surface area contributed by atoms with Crippen molar-refractivity contribution in [2.75, 3.05) is 0 Å². The van der Waals surface area contributed by atoms with Crippen LogP contribution in [0.2, 0.25) is 5.02 Å². The standard InChI is InChI=1S/C7H8ClN.6FH.Sb/c8-7-3-1-6(5-9)2-4-7;;;;;;;/h1-4H,5,9H2;6*1H;/q;;;;;;;+5/p-5. The second kappa shape index (κ2) is 4.27. The van der Waals surface area contributed by atoms with E-state index >= 15 is 0 Å². The maximum Gasteiger partial charge on any atom is 0.0997 e. The quantitative estimate of drug-likeness (QED) is 0.574. The van der Waals surface area contributed by atoms with Crippen molar-refractivity contribution in [2.24, 2.45) is 0 Å². The Bertz CT molecular complexity index is 332. The average molecular weight is 378 g/mol. The summed E-state index contributed by atoms with van der Waals surface area (Å²) in [5, 5.41) is 0.784. The predicted octanol–water partition coefficient (Wildman–Crippen LogP) is 3.22. The molecule has 0 aliphatic heterocycles. The van der Waals surface area contributed by atoms with E-state index in [4.69, 9.17) is 11.6 Å². The Labute approximate surface area is 95.1 Å². The van der Waals surface area contributed by atoms with Crippen molar-refractivity contribution in [2.45, 2.75) is 6.54 Å². The van der Waals surface area contributed by atoms with Crippen LogP contribution in [0.25, 0.3) is 0 Å². The molecule has 0 radical (unpaired) electrons. The van der Waals surface area contributed by atoms with Gasteiger partial charge in [0.2, 0.25) is 0 Å². The Morgan fingerprint density at radius 2 is 1.25 bits per heavy atom.